The highest BCUT2D eigenvalue weighted by Gasteiger charge is 2.19. The summed E-state index contributed by atoms with van der Waals surface area (Å²) >= 11 is 0. The molecule has 2 rings (SSSR count). The number of amides is 1. The zero-order valence-corrected chi connectivity index (χ0v) is 8.54. The molecular formula is C10H8N4O3. The van der Waals surface area contributed by atoms with Gasteiger partial charge in [0.05, 0.1) is 5.56 Å². The molecular weight excluding hydrogens is 224 g/mol. The zero-order chi connectivity index (χ0) is 12.4. The highest BCUT2D eigenvalue weighted by Crippen LogP contribution is 2.23. The number of carbonyl (C=O) groups is 2. The predicted molar refractivity (Wildman–Crippen MR) is 57.3 cm³/mol. The lowest BCUT2D eigenvalue weighted by atomic mass is 10.0. The molecule has 0 aliphatic carbocycles. The third kappa shape index (κ3) is 1.85. The van der Waals surface area contributed by atoms with E-state index in [1.807, 2.05) is 0 Å². The van der Waals surface area contributed by atoms with Crippen LogP contribution in [-0.2, 0) is 0 Å². The fourth-order valence-electron chi connectivity index (χ4n) is 1.47. The van der Waals surface area contributed by atoms with Gasteiger partial charge in [-0.2, -0.15) is 15.4 Å². The molecule has 17 heavy (non-hydrogen) atoms. The van der Waals surface area contributed by atoms with Crippen LogP contribution in [-0.4, -0.2) is 32.4 Å². The van der Waals surface area contributed by atoms with Crippen molar-refractivity contribution in [3.63, 3.8) is 0 Å². The van der Waals surface area contributed by atoms with Crippen LogP contribution in [0, 0.1) is 0 Å². The maximum Gasteiger partial charge on any atom is 0.336 e. The topological polar surface area (TPSA) is 122 Å². The highest BCUT2D eigenvalue weighted by molar-refractivity contribution is 6.01. The largest absolute Gasteiger partial charge is 0.478 e. The number of H-pyrrole nitrogens is 1. The third-order valence-corrected chi connectivity index (χ3v) is 2.19. The van der Waals surface area contributed by atoms with Crippen molar-refractivity contribution in [1.29, 1.82) is 0 Å². The Bertz CT molecular complexity index is 591. The van der Waals surface area contributed by atoms with Gasteiger partial charge in [-0.1, -0.05) is 18.2 Å². The van der Waals surface area contributed by atoms with Crippen molar-refractivity contribution in [2.45, 2.75) is 0 Å². The number of carboxylic acid groups (broad SMARTS) is 1. The fraction of sp³-hybridized carbons (Fsp3) is 0. The summed E-state index contributed by atoms with van der Waals surface area (Å²) in [7, 11) is 0. The van der Waals surface area contributed by atoms with Crippen molar-refractivity contribution in [2.24, 2.45) is 5.73 Å². The number of rotatable bonds is 3. The minimum absolute atomic E-state index is 0.0314. The summed E-state index contributed by atoms with van der Waals surface area (Å²) in [6, 6.07) is 6.17. The third-order valence-electron chi connectivity index (χ3n) is 2.19. The van der Waals surface area contributed by atoms with Crippen LogP contribution in [0.15, 0.2) is 24.3 Å². The Kier molecular flexibility index (Phi) is 2.57. The van der Waals surface area contributed by atoms with E-state index in [-0.39, 0.29) is 17.0 Å². The van der Waals surface area contributed by atoms with E-state index >= 15 is 0 Å². The summed E-state index contributed by atoms with van der Waals surface area (Å²) in [5.74, 6) is -1.88. The van der Waals surface area contributed by atoms with Crippen molar-refractivity contribution in [3.05, 3.63) is 35.5 Å². The molecule has 2 aromatic rings. The molecule has 0 radical (unpaired) electrons. The van der Waals surface area contributed by atoms with Gasteiger partial charge in [0.2, 0.25) is 0 Å². The number of carboxylic acids is 1. The molecule has 0 aliphatic heterocycles. The minimum Gasteiger partial charge on any atom is -0.478 e. The molecule has 0 aliphatic rings. The lowest BCUT2D eigenvalue weighted by Crippen LogP contribution is -2.13. The van der Waals surface area contributed by atoms with E-state index in [2.05, 4.69) is 15.4 Å². The molecule has 0 atom stereocenters. The molecule has 0 saturated heterocycles. The SMILES string of the molecule is NC(=O)c1n[nH]nc1-c1ccccc1C(=O)O. The molecule has 7 heteroatoms. The molecule has 1 heterocycles. The van der Waals surface area contributed by atoms with Crippen molar-refractivity contribution >= 4 is 11.9 Å². The van der Waals surface area contributed by atoms with E-state index in [4.69, 9.17) is 10.8 Å². The summed E-state index contributed by atoms with van der Waals surface area (Å²) in [6.07, 6.45) is 0. The lowest BCUT2D eigenvalue weighted by Gasteiger charge is -2.02. The number of aromatic nitrogens is 3. The lowest BCUT2D eigenvalue weighted by molar-refractivity contribution is 0.0697. The maximum atomic E-state index is 11.1. The predicted octanol–water partition coefficient (Wildman–Crippen LogP) is 0.269. The van der Waals surface area contributed by atoms with E-state index in [0.717, 1.165) is 0 Å². The zero-order valence-electron chi connectivity index (χ0n) is 8.54. The monoisotopic (exact) mass is 232 g/mol. The number of nitrogens with one attached hydrogen (secondary N) is 1. The van der Waals surface area contributed by atoms with Crippen LogP contribution < -0.4 is 5.73 Å². The van der Waals surface area contributed by atoms with Crippen LogP contribution in [0.5, 0.6) is 0 Å². The molecule has 0 saturated carbocycles. The number of aromatic amines is 1. The number of primary amides is 1. The first-order valence-corrected chi connectivity index (χ1v) is 4.64. The van der Waals surface area contributed by atoms with Gasteiger partial charge >= 0.3 is 5.97 Å². The van der Waals surface area contributed by atoms with Crippen LogP contribution in [0.25, 0.3) is 11.3 Å². The molecule has 0 spiro atoms. The average Bonchev–Trinajstić information content (AvgIpc) is 2.77. The van der Waals surface area contributed by atoms with Crippen molar-refractivity contribution in [1.82, 2.24) is 15.4 Å². The van der Waals surface area contributed by atoms with Gasteiger partial charge in [-0.3, -0.25) is 4.79 Å². The summed E-state index contributed by atoms with van der Waals surface area (Å²) in [4.78, 5) is 22.1. The molecule has 1 aromatic heterocycles. The van der Waals surface area contributed by atoms with Gasteiger partial charge < -0.3 is 10.8 Å². The maximum absolute atomic E-state index is 11.1. The second-order valence-electron chi connectivity index (χ2n) is 3.24. The Labute approximate surface area is 95.3 Å². The van der Waals surface area contributed by atoms with Gasteiger partial charge in [-0.15, -0.1) is 0 Å². The number of carbonyl (C=O) groups excluding carboxylic acids is 1. The van der Waals surface area contributed by atoms with E-state index < -0.39 is 11.9 Å². The van der Waals surface area contributed by atoms with E-state index in [1.165, 1.54) is 12.1 Å². The van der Waals surface area contributed by atoms with Crippen molar-refractivity contribution < 1.29 is 14.7 Å². The first-order chi connectivity index (χ1) is 8.11. The van der Waals surface area contributed by atoms with Crippen LogP contribution in [0.1, 0.15) is 20.8 Å². The molecule has 7 nitrogen and oxygen atoms in total. The number of nitrogens with zero attached hydrogens (tertiary/aromatic N) is 2. The fourth-order valence-corrected chi connectivity index (χ4v) is 1.47. The summed E-state index contributed by atoms with van der Waals surface area (Å²) in [6.45, 7) is 0. The number of nitrogens with two attached hydrogens (primary N) is 1. The molecule has 1 amide bonds. The molecule has 0 fully saturated rings. The quantitative estimate of drug-likeness (QED) is 0.701. The van der Waals surface area contributed by atoms with E-state index in [1.54, 1.807) is 12.1 Å². The molecule has 4 N–H and O–H groups in total. The first kappa shape index (κ1) is 10.8. The van der Waals surface area contributed by atoms with E-state index in [0.29, 0.717) is 5.56 Å². The first-order valence-electron chi connectivity index (χ1n) is 4.64. The standard InChI is InChI=1S/C10H8N4O3/c11-9(15)8-7(12-14-13-8)5-3-1-2-4-6(5)10(16)17/h1-4H,(H2,11,15)(H,16,17)(H,12,13,14). The van der Waals surface area contributed by atoms with Crippen LogP contribution >= 0.6 is 0 Å². The number of hydrogen-bond donors (Lipinski definition) is 3. The summed E-state index contributed by atoms with van der Waals surface area (Å²) < 4.78 is 0. The van der Waals surface area contributed by atoms with Gasteiger partial charge in [0.25, 0.3) is 5.91 Å². The van der Waals surface area contributed by atoms with Crippen LogP contribution in [0.4, 0.5) is 0 Å². The van der Waals surface area contributed by atoms with Crippen LogP contribution in [0.3, 0.4) is 0 Å². The van der Waals surface area contributed by atoms with Crippen molar-refractivity contribution in [2.75, 3.05) is 0 Å². The van der Waals surface area contributed by atoms with Crippen LogP contribution in [0.2, 0.25) is 0 Å². The summed E-state index contributed by atoms with van der Waals surface area (Å²) in [5.41, 5.74) is 5.49. The minimum atomic E-state index is -1.11. The van der Waals surface area contributed by atoms with Gasteiger partial charge in [0, 0.05) is 5.56 Å². The molecule has 0 bridgehead atoms. The molecule has 86 valence electrons. The van der Waals surface area contributed by atoms with Gasteiger partial charge in [-0.25, -0.2) is 4.79 Å². The van der Waals surface area contributed by atoms with Crippen molar-refractivity contribution in [3.8, 4) is 11.3 Å². The number of aromatic carboxylic acids is 1. The Balaban J connectivity index is 2.64. The average molecular weight is 232 g/mol. The smallest absolute Gasteiger partial charge is 0.336 e. The summed E-state index contributed by atoms with van der Waals surface area (Å²) in [5, 5.41) is 18.6. The number of hydrogen-bond acceptors (Lipinski definition) is 4. The number of benzene rings is 1. The van der Waals surface area contributed by atoms with Gasteiger partial charge in [0.1, 0.15) is 5.69 Å². The second-order valence-corrected chi connectivity index (χ2v) is 3.24. The molecule has 0 unspecified atom stereocenters. The van der Waals surface area contributed by atoms with E-state index in [9.17, 15) is 9.59 Å². The van der Waals surface area contributed by atoms with Gasteiger partial charge in [-0.05, 0) is 6.07 Å². The Morgan fingerprint density at radius 1 is 1.24 bits per heavy atom. The Morgan fingerprint density at radius 2 is 1.94 bits per heavy atom. The Hall–Kier alpha value is -2.70. The second kappa shape index (κ2) is 4.05. The van der Waals surface area contributed by atoms with Gasteiger partial charge in [0.15, 0.2) is 5.69 Å². The Morgan fingerprint density at radius 3 is 2.59 bits per heavy atom. The molecule has 1 aromatic carbocycles. The normalized spacial score (nSPS) is 10.1. The highest BCUT2D eigenvalue weighted by atomic mass is 16.4.